The predicted octanol–water partition coefficient (Wildman–Crippen LogP) is 6.24. The van der Waals surface area contributed by atoms with Crippen LogP contribution in [-0.2, 0) is 21.5 Å². The summed E-state index contributed by atoms with van der Waals surface area (Å²) in [7, 11) is 0. The molecular weight excluding hydrogens is 560 g/mol. The first-order chi connectivity index (χ1) is 21.1. The maximum atomic E-state index is 14.0. The van der Waals surface area contributed by atoms with Crippen LogP contribution < -0.4 is 4.74 Å². The Morgan fingerprint density at radius 2 is 1.80 bits per heavy atom. The van der Waals surface area contributed by atoms with E-state index in [4.69, 9.17) is 19.2 Å². The third kappa shape index (κ3) is 6.25. The van der Waals surface area contributed by atoms with Crippen molar-refractivity contribution in [2.75, 3.05) is 26.2 Å². The van der Waals surface area contributed by atoms with Crippen LogP contribution in [-0.4, -0.2) is 69.7 Å². The normalized spacial score (nSPS) is 19.8. The van der Waals surface area contributed by atoms with E-state index < -0.39 is 23.0 Å². The minimum absolute atomic E-state index is 0.0355. The number of nitrogens with zero attached hydrogens (tertiary/aromatic N) is 4. The Balaban J connectivity index is 1.54. The Hall–Kier alpha value is -4.47. The monoisotopic (exact) mass is 600 g/mol. The minimum Gasteiger partial charge on any atom is -0.477 e. The molecule has 0 N–H and O–H groups in total. The molecule has 0 bridgehead atoms. The molecule has 2 aliphatic heterocycles. The van der Waals surface area contributed by atoms with Crippen molar-refractivity contribution < 1.29 is 28.6 Å². The summed E-state index contributed by atoms with van der Waals surface area (Å²) in [4.78, 5) is 52.8. The number of carbonyl (C=O) groups excluding carboxylic acids is 3. The van der Waals surface area contributed by atoms with Crippen molar-refractivity contribution in [3.05, 3.63) is 77.6 Å². The van der Waals surface area contributed by atoms with Gasteiger partial charge in [0, 0.05) is 31.2 Å². The van der Waals surface area contributed by atoms with Gasteiger partial charge in [-0.3, -0.25) is 4.79 Å². The number of pyridine rings is 2. The van der Waals surface area contributed by atoms with Gasteiger partial charge in [0.1, 0.15) is 17.9 Å². The molecule has 1 aromatic carbocycles. The molecule has 3 aromatic rings. The molecule has 1 spiro atoms. The van der Waals surface area contributed by atoms with E-state index in [0.29, 0.717) is 49.7 Å². The number of amides is 3. The van der Waals surface area contributed by atoms with Crippen molar-refractivity contribution in [3.63, 3.8) is 0 Å². The smallest absolute Gasteiger partial charge is 0.417 e. The van der Waals surface area contributed by atoms with Gasteiger partial charge in [-0.1, -0.05) is 49.7 Å². The summed E-state index contributed by atoms with van der Waals surface area (Å²) in [6, 6.07) is 16.8. The molecule has 5 rings (SSSR count). The summed E-state index contributed by atoms with van der Waals surface area (Å²) in [6.45, 7) is 10.9. The van der Waals surface area contributed by atoms with Gasteiger partial charge in [0.15, 0.2) is 0 Å². The van der Waals surface area contributed by atoms with E-state index in [1.54, 1.807) is 17.2 Å². The van der Waals surface area contributed by atoms with Crippen molar-refractivity contribution in [3.8, 4) is 17.1 Å². The van der Waals surface area contributed by atoms with Crippen LogP contribution in [0, 0.1) is 5.92 Å². The highest BCUT2D eigenvalue weighted by atomic mass is 16.6. The van der Waals surface area contributed by atoms with Crippen LogP contribution in [0.2, 0.25) is 0 Å². The highest BCUT2D eigenvalue weighted by Crippen LogP contribution is 2.47. The summed E-state index contributed by atoms with van der Waals surface area (Å²) >= 11 is 0. The van der Waals surface area contributed by atoms with E-state index in [9.17, 15) is 14.4 Å². The lowest BCUT2D eigenvalue weighted by Crippen LogP contribution is -2.61. The van der Waals surface area contributed by atoms with E-state index in [-0.39, 0.29) is 30.9 Å². The van der Waals surface area contributed by atoms with Gasteiger partial charge in [0.2, 0.25) is 5.88 Å². The first-order valence-electron chi connectivity index (χ1n) is 15.2. The number of likely N-dealkylation sites (tertiary alicyclic amines) is 1. The number of ether oxygens (including phenoxy) is 3. The second-order valence-corrected chi connectivity index (χ2v) is 12.3. The van der Waals surface area contributed by atoms with Crippen LogP contribution in [0.5, 0.6) is 5.88 Å². The van der Waals surface area contributed by atoms with Crippen molar-refractivity contribution >= 4 is 18.1 Å². The standard InChI is InChI=1S/C34H40N4O6/c1-6-24-20-37(31(40)44-33(3,4)5)19-17-34(24)22-38(32(41)43-21-23-12-9-8-10-13-23)30(39)28-26(34)15-16-27(36-28)25-14-11-18-35-29(25)42-7-2/h8-16,18,24H,6-7,17,19-22H2,1-5H3/t24-,34+/m1/s1. The Labute approximate surface area is 258 Å². The van der Waals surface area contributed by atoms with Gasteiger partial charge in [-0.25, -0.2) is 24.5 Å². The molecule has 0 aliphatic carbocycles. The van der Waals surface area contributed by atoms with Crippen molar-refractivity contribution in [2.24, 2.45) is 5.92 Å². The van der Waals surface area contributed by atoms with Crippen molar-refractivity contribution in [1.82, 2.24) is 19.8 Å². The van der Waals surface area contributed by atoms with Gasteiger partial charge < -0.3 is 19.1 Å². The largest absolute Gasteiger partial charge is 0.477 e. The summed E-state index contributed by atoms with van der Waals surface area (Å²) in [5.41, 5.74) is 1.70. The first-order valence-corrected chi connectivity index (χ1v) is 15.2. The van der Waals surface area contributed by atoms with E-state index in [0.717, 1.165) is 11.1 Å². The molecule has 2 atom stereocenters. The quantitative estimate of drug-likeness (QED) is 0.327. The number of imide groups is 1. The molecule has 1 saturated heterocycles. The van der Waals surface area contributed by atoms with Crippen molar-refractivity contribution in [1.29, 1.82) is 0 Å². The molecule has 232 valence electrons. The van der Waals surface area contributed by atoms with Crippen LogP contribution in [0.3, 0.4) is 0 Å². The average Bonchev–Trinajstić information content (AvgIpc) is 3.01. The fourth-order valence-corrected chi connectivity index (χ4v) is 6.17. The number of rotatable bonds is 6. The molecule has 1 fully saturated rings. The second kappa shape index (κ2) is 12.6. The molecule has 10 nitrogen and oxygen atoms in total. The van der Waals surface area contributed by atoms with Crippen LogP contribution in [0.25, 0.3) is 11.3 Å². The van der Waals surface area contributed by atoms with Crippen LogP contribution in [0.1, 0.15) is 69.1 Å². The van der Waals surface area contributed by atoms with Crippen LogP contribution in [0.15, 0.2) is 60.8 Å². The number of benzene rings is 1. The molecule has 0 unspecified atom stereocenters. The highest BCUT2D eigenvalue weighted by molar-refractivity contribution is 6.04. The topological polar surface area (TPSA) is 111 Å². The van der Waals surface area contributed by atoms with E-state index in [1.165, 1.54) is 4.90 Å². The lowest BCUT2D eigenvalue weighted by molar-refractivity contribution is -0.00295. The summed E-state index contributed by atoms with van der Waals surface area (Å²) in [5, 5.41) is 0. The van der Waals surface area contributed by atoms with Gasteiger partial charge in [0.05, 0.1) is 17.9 Å². The number of piperidine rings is 1. The molecule has 44 heavy (non-hydrogen) atoms. The van der Waals surface area contributed by atoms with Gasteiger partial charge in [-0.05, 0) is 69.4 Å². The molecule has 3 amide bonds. The van der Waals surface area contributed by atoms with Gasteiger partial charge >= 0.3 is 12.2 Å². The lowest BCUT2D eigenvalue weighted by atomic mass is 9.62. The fraction of sp³-hybridized carbons (Fsp3) is 0.441. The maximum absolute atomic E-state index is 14.0. The Morgan fingerprint density at radius 1 is 1.02 bits per heavy atom. The fourth-order valence-electron chi connectivity index (χ4n) is 6.17. The molecule has 10 heteroatoms. The molecule has 0 saturated carbocycles. The molecular formula is C34H40N4O6. The number of carbonyl (C=O) groups is 3. The Morgan fingerprint density at radius 3 is 2.50 bits per heavy atom. The zero-order valence-corrected chi connectivity index (χ0v) is 26.0. The number of fused-ring (bicyclic) bond motifs is 2. The summed E-state index contributed by atoms with van der Waals surface area (Å²) in [6.07, 6.45) is 1.77. The number of aromatic nitrogens is 2. The maximum Gasteiger partial charge on any atom is 0.417 e. The third-order valence-corrected chi connectivity index (χ3v) is 8.27. The molecule has 4 heterocycles. The van der Waals surface area contributed by atoms with E-state index in [1.807, 2.05) is 76.2 Å². The van der Waals surface area contributed by atoms with Gasteiger partial charge in [0.25, 0.3) is 5.91 Å². The Kier molecular flexibility index (Phi) is 8.90. The molecule has 0 radical (unpaired) electrons. The van der Waals surface area contributed by atoms with Gasteiger partial charge in [-0.2, -0.15) is 0 Å². The third-order valence-electron chi connectivity index (χ3n) is 8.27. The SMILES string of the molecule is CCOc1ncccc1-c1ccc2c(n1)C(=O)N(C(=O)OCc1ccccc1)C[C@]21CCN(C(=O)OC(C)(C)C)C[C@H]1CC. The summed E-state index contributed by atoms with van der Waals surface area (Å²) < 4.78 is 17.1. The van der Waals surface area contributed by atoms with Crippen molar-refractivity contribution in [2.45, 2.75) is 65.1 Å². The van der Waals surface area contributed by atoms with E-state index >= 15 is 0 Å². The number of hydrogen-bond donors (Lipinski definition) is 0. The lowest BCUT2D eigenvalue weighted by Gasteiger charge is -2.51. The Bertz CT molecular complexity index is 1520. The molecule has 2 aliphatic rings. The minimum atomic E-state index is -0.725. The predicted molar refractivity (Wildman–Crippen MR) is 164 cm³/mol. The van der Waals surface area contributed by atoms with Crippen LogP contribution in [0.4, 0.5) is 9.59 Å². The zero-order chi connectivity index (χ0) is 31.5. The average molecular weight is 601 g/mol. The van der Waals surface area contributed by atoms with Gasteiger partial charge in [-0.15, -0.1) is 0 Å². The second-order valence-electron chi connectivity index (χ2n) is 12.3. The zero-order valence-electron chi connectivity index (χ0n) is 26.0. The summed E-state index contributed by atoms with van der Waals surface area (Å²) in [5.74, 6) is -0.182. The first kappa shape index (κ1) is 31.0. The van der Waals surface area contributed by atoms with Crippen LogP contribution >= 0.6 is 0 Å². The number of hydrogen-bond acceptors (Lipinski definition) is 8. The van der Waals surface area contributed by atoms with E-state index in [2.05, 4.69) is 11.9 Å². The highest BCUT2D eigenvalue weighted by Gasteiger charge is 2.53. The molecule has 2 aromatic heterocycles.